The average Bonchev–Trinajstić information content (AvgIpc) is 3.11. The van der Waals surface area contributed by atoms with E-state index in [-0.39, 0.29) is 42.0 Å². The molecule has 0 radical (unpaired) electrons. The molecule has 0 aliphatic heterocycles. The Morgan fingerprint density at radius 3 is 2.56 bits per heavy atom. The Hall–Kier alpha value is -1.20. The van der Waals surface area contributed by atoms with Crippen molar-refractivity contribution < 1.29 is 24.5 Å². The largest absolute Gasteiger partial charge is 0.469 e. The van der Waals surface area contributed by atoms with Gasteiger partial charge in [0.05, 0.1) is 19.3 Å². The van der Waals surface area contributed by atoms with Crippen molar-refractivity contribution >= 4 is 11.8 Å². The van der Waals surface area contributed by atoms with Crippen LogP contribution in [0.4, 0.5) is 0 Å². The molecule has 142 valence electrons. The number of ether oxygens (including phenoxy) is 1. The molecule has 25 heavy (non-hydrogen) atoms. The molecule has 0 amide bonds. The van der Waals surface area contributed by atoms with Gasteiger partial charge in [-0.25, -0.2) is 0 Å². The van der Waals surface area contributed by atoms with Gasteiger partial charge in [-0.1, -0.05) is 37.8 Å². The van der Waals surface area contributed by atoms with Crippen LogP contribution in [0.15, 0.2) is 12.2 Å². The van der Waals surface area contributed by atoms with Crippen LogP contribution >= 0.6 is 0 Å². The molecule has 5 nitrogen and oxygen atoms in total. The Morgan fingerprint density at radius 2 is 1.88 bits per heavy atom. The molecule has 2 aliphatic rings. The van der Waals surface area contributed by atoms with Gasteiger partial charge in [0, 0.05) is 30.6 Å². The molecule has 5 atom stereocenters. The van der Waals surface area contributed by atoms with Crippen LogP contribution in [0.2, 0.25) is 0 Å². The second kappa shape index (κ2) is 10.1. The van der Waals surface area contributed by atoms with E-state index >= 15 is 0 Å². The highest BCUT2D eigenvalue weighted by atomic mass is 16.5. The van der Waals surface area contributed by atoms with Gasteiger partial charge in [0.2, 0.25) is 0 Å². The Bertz CT molecular complexity index is 473. The van der Waals surface area contributed by atoms with Crippen molar-refractivity contribution in [1.29, 1.82) is 0 Å². The Kier molecular flexibility index (Phi) is 8.10. The van der Waals surface area contributed by atoms with E-state index in [4.69, 9.17) is 0 Å². The van der Waals surface area contributed by atoms with Crippen LogP contribution in [0.25, 0.3) is 0 Å². The molecule has 0 bridgehead atoms. The van der Waals surface area contributed by atoms with Crippen LogP contribution in [-0.4, -0.2) is 41.3 Å². The van der Waals surface area contributed by atoms with Crippen LogP contribution < -0.4 is 0 Å². The highest BCUT2D eigenvalue weighted by Crippen LogP contribution is 2.35. The summed E-state index contributed by atoms with van der Waals surface area (Å²) < 4.78 is 4.62. The van der Waals surface area contributed by atoms with Gasteiger partial charge in [0.25, 0.3) is 0 Å². The van der Waals surface area contributed by atoms with Crippen molar-refractivity contribution in [3.8, 4) is 0 Å². The third kappa shape index (κ3) is 5.93. The molecule has 0 aromatic rings. The first kappa shape index (κ1) is 20.1. The number of hydrogen-bond donors (Lipinski definition) is 2. The van der Waals surface area contributed by atoms with Gasteiger partial charge in [0.15, 0.2) is 0 Å². The van der Waals surface area contributed by atoms with E-state index in [2.05, 4.69) is 4.74 Å². The number of unbranched alkanes of at least 4 members (excludes halogenated alkanes) is 3. The smallest absolute Gasteiger partial charge is 0.305 e. The number of carbonyl (C=O) groups excluding carboxylic acids is 2. The number of methoxy groups -OCH3 is 1. The van der Waals surface area contributed by atoms with Crippen LogP contribution in [0.3, 0.4) is 0 Å². The summed E-state index contributed by atoms with van der Waals surface area (Å²) in [5.74, 6) is -0.0697. The molecule has 0 spiro atoms. The number of esters is 1. The molecule has 2 aliphatic carbocycles. The summed E-state index contributed by atoms with van der Waals surface area (Å²) in [6, 6.07) is 0. The van der Waals surface area contributed by atoms with E-state index < -0.39 is 6.10 Å². The first-order chi connectivity index (χ1) is 12.0. The maximum absolute atomic E-state index is 12.2. The summed E-state index contributed by atoms with van der Waals surface area (Å²) in [4.78, 5) is 23.3. The van der Waals surface area contributed by atoms with Crippen molar-refractivity contribution in [1.82, 2.24) is 0 Å². The number of aliphatic hydroxyl groups is 2. The lowest BCUT2D eigenvalue weighted by Crippen LogP contribution is -2.19. The van der Waals surface area contributed by atoms with Crippen LogP contribution in [0.5, 0.6) is 0 Å². The Labute approximate surface area is 150 Å². The molecule has 0 saturated heterocycles. The number of rotatable bonds is 9. The number of ketones is 1. The summed E-state index contributed by atoms with van der Waals surface area (Å²) in [5.41, 5.74) is 0. The van der Waals surface area contributed by atoms with Gasteiger partial charge in [0.1, 0.15) is 5.78 Å². The van der Waals surface area contributed by atoms with E-state index in [1.54, 1.807) is 0 Å². The summed E-state index contributed by atoms with van der Waals surface area (Å²) in [7, 11) is 1.40. The summed E-state index contributed by atoms with van der Waals surface area (Å²) in [6.45, 7) is 0. The minimum atomic E-state index is -0.591. The fourth-order valence-corrected chi connectivity index (χ4v) is 4.15. The molecular weight excluding hydrogens is 320 g/mol. The second-order valence-corrected chi connectivity index (χ2v) is 7.50. The summed E-state index contributed by atoms with van der Waals surface area (Å²) in [6.07, 6.45) is 11.2. The second-order valence-electron chi connectivity index (χ2n) is 7.50. The predicted octanol–water partition coefficient (Wildman–Crippen LogP) is 2.78. The Balaban J connectivity index is 1.75. The standard InChI is InChI=1S/C20H32O5/c1-25-20(24)10-5-3-2-4-8-15-16(19(23)13-18(15)22)12-11-14-7-6-9-17(14)21/h11-12,14-17,19,21,23H,2-10,13H2,1H3/b12-11+/t14?,15-,16-,17?,19-/m1/s1. The fraction of sp³-hybridized carbons (Fsp3) is 0.800. The maximum Gasteiger partial charge on any atom is 0.305 e. The SMILES string of the molecule is COC(=O)CCCCCC[C@H]1C(=O)C[C@@H](O)[C@@H]1/C=C/C1CCCC1O. The third-order valence-corrected chi connectivity index (χ3v) is 5.72. The molecule has 2 fully saturated rings. The van der Waals surface area contributed by atoms with Gasteiger partial charge in [-0.3, -0.25) is 9.59 Å². The molecule has 2 unspecified atom stereocenters. The Morgan fingerprint density at radius 1 is 1.12 bits per heavy atom. The van der Waals surface area contributed by atoms with Crippen molar-refractivity contribution in [2.24, 2.45) is 17.8 Å². The van der Waals surface area contributed by atoms with E-state index in [9.17, 15) is 19.8 Å². The minimum Gasteiger partial charge on any atom is -0.469 e. The molecular formula is C20H32O5. The maximum atomic E-state index is 12.2. The van der Waals surface area contributed by atoms with E-state index in [1.807, 2.05) is 12.2 Å². The molecule has 0 aromatic heterocycles. The van der Waals surface area contributed by atoms with Gasteiger partial charge in [-0.2, -0.15) is 0 Å². The van der Waals surface area contributed by atoms with Gasteiger partial charge >= 0.3 is 5.97 Å². The van der Waals surface area contributed by atoms with E-state index in [1.165, 1.54) is 7.11 Å². The lowest BCUT2D eigenvalue weighted by Gasteiger charge is -2.18. The zero-order chi connectivity index (χ0) is 18.2. The van der Waals surface area contributed by atoms with Gasteiger partial charge in [-0.15, -0.1) is 0 Å². The minimum absolute atomic E-state index is 0.106. The van der Waals surface area contributed by atoms with Crippen molar-refractivity contribution in [2.45, 2.75) is 76.4 Å². The number of hydrogen-bond acceptors (Lipinski definition) is 5. The van der Waals surface area contributed by atoms with Crippen LogP contribution in [-0.2, 0) is 14.3 Å². The first-order valence-corrected chi connectivity index (χ1v) is 9.67. The highest BCUT2D eigenvalue weighted by molar-refractivity contribution is 5.84. The molecule has 2 rings (SSSR count). The monoisotopic (exact) mass is 352 g/mol. The molecule has 2 saturated carbocycles. The van der Waals surface area contributed by atoms with Crippen LogP contribution in [0, 0.1) is 17.8 Å². The topological polar surface area (TPSA) is 83.8 Å². The van der Waals surface area contributed by atoms with E-state index in [0.717, 1.165) is 51.4 Å². The van der Waals surface area contributed by atoms with Crippen molar-refractivity contribution in [3.63, 3.8) is 0 Å². The average molecular weight is 352 g/mol. The summed E-state index contributed by atoms with van der Waals surface area (Å²) in [5, 5.41) is 20.1. The quantitative estimate of drug-likeness (QED) is 0.379. The number of aliphatic hydroxyl groups excluding tert-OH is 2. The highest BCUT2D eigenvalue weighted by Gasteiger charge is 2.39. The third-order valence-electron chi connectivity index (χ3n) is 5.72. The summed E-state index contributed by atoms with van der Waals surface area (Å²) >= 11 is 0. The molecule has 5 heteroatoms. The van der Waals surface area contributed by atoms with Crippen LogP contribution in [0.1, 0.15) is 64.2 Å². The number of carbonyl (C=O) groups is 2. The van der Waals surface area contributed by atoms with Crippen molar-refractivity contribution in [3.05, 3.63) is 12.2 Å². The lowest BCUT2D eigenvalue weighted by atomic mass is 9.87. The fourth-order valence-electron chi connectivity index (χ4n) is 4.15. The predicted molar refractivity (Wildman–Crippen MR) is 94.8 cm³/mol. The molecule has 0 heterocycles. The van der Waals surface area contributed by atoms with Gasteiger partial charge in [-0.05, 0) is 25.7 Å². The molecule has 0 aromatic carbocycles. The van der Waals surface area contributed by atoms with E-state index in [0.29, 0.717) is 6.42 Å². The van der Waals surface area contributed by atoms with Gasteiger partial charge < -0.3 is 14.9 Å². The zero-order valence-corrected chi connectivity index (χ0v) is 15.2. The first-order valence-electron chi connectivity index (χ1n) is 9.67. The zero-order valence-electron chi connectivity index (χ0n) is 15.2. The molecule has 2 N–H and O–H groups in total. The van der Waals surface area contributed by atoms with Crippen molar-refractivity contribution in [2.75, 3.05) is 7.11 Å². The lowest BCUT2D eigenvalue weighted by molar-refractivity contribution is -0.140. The number of Topliss-reactive ketones (excluding diaryl/α,β-unsaturated/α-hetero) is 1. The normalized spacial score (nSPS) is 32.6.